The zero-order valence-corrected chi connectivity index (χ0v) is 11.8. The van der Waals surface area contributed by atoms with Crippen molar-refractivity contribution in [3.05, 3.63) is 53.3 Å². The van der Waals surface area contributed by atoms with Crippen molar-refractivity contribution < 1.29 is 13.2 Å². The van der Waals surface area contributed by atoms with E-state index < -0.39 is 11.6 Å². The van der Waals surface area contributed by atoms with Crippen LogP contribution >= 0.6 is 0 Å². The SMILES string of the molecule is CCNc1nc(NC(C)c2cccc(F)c2)c(F)cc1F. The number of nitrogens with zero attached hydrogens (tertiary/aromatic N) is 1. The highest BCUT2D eigenvalue weighted by Gasteiger charge is 2.14. The Bertz CT molecular complexity index is 632. The monoisotopic (exact) mass is 295 g/mol. The molecule has 2 N–H and O–H groups in total. The molecule has 0 radical (unpaired) electrons. The van der Waals surface area contributed by atoms with Gasteiger partial charge in [-0.2, -0.15) is 0 Å². The molecule has 2 aromatic rings. The van der Waals surface area contributed by atoms with Crippen LogP contribution in [0, 0.1) is 17.5 Å². The van der Waals surface area contributed by atoms with Crippen LogP contribution in [-0.4, -0.2) is 11.5 Å². The smallest absolute Gasteiger partial charge is 0.168 e. The molecular weight excluding hydrogens is 279 g/mol. The number of benzene rings is 1. The summed E-state index contributed by atoms with van der Waals surface area (Å²) in [6.07, 6.45) is 0. The third kappa shape index (κ3) is 3.65. The van der Waals surface area contributed by atoms with Gasteiger partial charge in [0.1, 0.15) is 5.82 Å². The predicted molar refractivity (Wildman–Crippen MR) is 76.8 cm³/mol. The molecule has 0 saturated carbocycles. The molecule has 0 aliphatic heterocycles. The number of halogens is 3. The van der Waals surface area contributed by atoms with Gasteiger partial charge in [-0.15, -0.1) is 0 Å². The molecule has 2 rings (SSSR count). The first-order valence-electron chi connectivity index (χ1n) is 6.63. The molecule has 1 unspecified atom stereocenters. The zero-order chi connectivity index (χ0) is 15.4. The van der Waals surface area contributed by atoms with Crippen LogP contribution in [0.25, 0.3) is 0 Å². The lowest BCUT2D eigenvalue weighted by atomic mass is 10.1. The summed E-state index contributed by atoms with van der Waals surface area (Å²) in [7, 11) is 0. The molecule has 0 spiro atoms. The van der Waals surface area contributed by atoms with Crippen LogP contribution < -0.4 is 10.6 Å². The molecule has 0 saturated heterocycles. The van der Waals surface area contributed by atoms with Crippen molar-refractivity contribution >= 4 is 11.6 Å². The van der Waals surface area contributed by atoms with Gasteiger partial charge in [-0.3, -0.25) is 0 Å². The van der Waals surface area contributed by atoms with E-state index in [2.05, 4.69) is 15.6 Å². The Balaban J connectivity index is 2.24. The molecule has 3 nitrogen and oxygen atoms in total. The fourth-order valence-electron chi connectivity index (χ4n) is 1.92. The Morgan fingerprint density at radius 3 is 2.48 bits per heavy atom. The molecule has 0 aliphatic rings. The van der Waals surface area contributed by atoms with Gasteiger partial charge in [0.15, 0.2) is 23.3 Å². The second-order valence-electron chi connectivity index (χ2n) is 4.60. The molecule has 0 bridgehead atoms. The zero-order valence-electron chi connectivity index (χ0n) is 11.8. The number of nitrogens with one attached hydrogen (secondary N) is 2. The lowest BCUT2D eigenvalue weighted by Gasteiger charge is -2.16. The maximum absolute atomic E-state index is 13.8. The van der Waals surface area contributed by atoms with E-state index in [1.165, 1.54) is 12.1 Å². The minimum Gasteiger partial charge on any atom is -0.368 e. The molecule has 1 aromatic carbocycles. The van der Waals surface area contributed by atoms with Crippen molar-refractivity contribution in [3.8, 4) is 0 Å². The van der Waals surface area contributed by atoms with Gasteiger partial charge >= 0.3 is 0 Å². The van der Waals surface area contributed by atoms with Crippen LogP contribution in [-0.2, 0) is 0 Å². The Hall–Kier alpha value is -2.24. The maximum Gasteiger partial charge on any atom is 0.168 e. The van der Waals surface area contributed by atoms with Gasteiger partial charge in [0.2, 0.25) is 0 Å². The number of anilines is 2. The molecule has 0 aliphatic carbocycles. The highest BCUT2D eigenvalue weighted by Crippen LogP contribution is 2.23. The topological polar surface area (TPSA) is 37.0 Å². The van der Waals surface area contributed by atoms with E-state index in [9.17, 15) is 13.2 Å². The van der Waals surface area contributed by atoms with E-state index >= 15 is 0 Å². The van der Waals surface area contributed by atoms with Gasteiger partial charge in [0, 0.05) is 12.6 Å². The molecule has 1 heterocycles. The van der Waals surface area contributed by atoms with E-state index in [1.807, 2.05) is 0 Å². The minimum atomic E-state index is -0.794. The molecule has 1 atom stereocenters. The number of pyridine rings is 1. The molecular formula is C15H16F3N3. The molecule has 112 valence electrons. The van der Waals surface area contributed by atoms with Crippen LogP contribution in [0.15, 0.2) is 30.3 Å². The van der Waals surface area contributed by atoms with Crippen molar-refractivity contribution in [2.45, 2.75) is 19.9 Å². The van der Waals surface area contributed by atoms with Gasteiger partial charge in [0.25, 0.3) is 0 Å². The summed E-state index contributed by atoms with van der Waals surface area (Å²) in [5.41, 5.74) is 0.644. The predicted octanol–water partition coefficient (Wildman–Crippen LogP) is 4.10. The van der Waals surface area contributed by atoms with Gasteiger partial charge in [-0.05, 0) is 31.5 Å². The van der Waals surface area contributed by atoms with Crippen LogP contribution in [0.4, 0.5) is 24.8 Å². The Kier molecular flexibility index (Phi) is 4.67. The summed E-state index contributed by atoms with van der Waals surface area (Å²) in [6, 6.07) is 6.36. The first-order chi connectivity index (χ1) is 10.0. The summed E-state index contributed by atoms with van der Waals surface area (Å²) in [4.78, 5) is 3.88. The van der Waals surface area contributed by atoms with E-state index in [0.29, 0.717) is 12.1 Å². The highest BCUT2D eigenvalue weighted by molar-refractivity contribution is 5.48. The van der Waals surface area contributed by atoms with Crippen molar-refractivity contribution in [3.63, 3.8) is 0 Å². The van der Waals surface area contributed by atoms with E-state index in [0.717, 1.165) is 6.07 Å². The Labute approximate surface area is 121 Å². The van der Waals surface area contributed by atoms with Crippen molar-refractivity contribution in [2.75, 3.05) is 17.2 Å². The van der Waals surface area contributed by atoms with Crippen LogP contribution in [0.1, 0.15) is 25.5 Å². The number of hydrogen-bond acceptors (Lipinski definition) is 3. The van der Waals surface area contributed by atoms with E-state index in [1.54, 1.807) is 26.0 Å². The van der Waals surface area contributed by atoms with Crippen molar-refractivity contribution in [1.29, 1.82) is 0 Å². The molecule has 0 fully saturated rings. The fraction of sp³-hybridized carbons (Fsp3) is 0.267. The third-order valence-corrected chi connectivity index (χ3v) is 2.98. The average Bonchev–Trinajstić information content (AvgIpc) is 2.44. The first-order valence-corrected chi connectivity index (χ1v) is 6.63. The molecule has 1 aromatic heterocycles. The first kappa shape index (κ1) is 15.2. The van der Waals surface area contributed by atoms with Gasteiger partial charge in [-0.1, -0.05) is 12.1 Å². The lowest BCUT2D eigenvalue weighted by Crippen LogP contribution is -2.12. The van der Waals surface area contributed by atoms with Crippen LogP contribution in [0.5, 0.6) is 0 Å². The van der Waals surface area contributed by atoms with E-state index in [-0.39, 0.29) is 23.5 Å². The molecule has 21 heavy (non-hydrogen) atoms. The number of rotatable bonds is 5. The number of hydrogen-bond donors (Lipinski definition) is 2. The second kappa shape index (κ2) is 6.47. The molecule has 0 amide bonds. The lowest BCUT2D eigenvalue weighted by molar-refractivity contribution is 0.576. The molecule has 6 heteroatoms. The van der Waals surface area contributed by atoms with Crippen molar-refractivity contribution in [2.24, 2.45) is 0 Å². The van der Waals surface area contributed by atoms with E-state index in [4.69, 9.17) is 0 Å². The van der Waals surface area contributed by atoms with Crippen LogP contribution in [0.3, 0.4) is 0 Å². The number of aromatic nitrogens is 1. The maximum atomic E-state index is 13.8. The van der Waals surface area contributed by atoms with Gasteiger partial charge < -0.3 is 10.6 Å². The summed E-state index contributed by atoms with van der Waals surface area (Å²) >= 11 is 0. The minimum absolute atomic E-state index is 0.0205. The quantitative estimate of drug-likeness (QED) is 0.872. The fourth-order valence-corrected chi connectivity index (χ4v) is 1.92. The van der Waals surface area contributed by atoms with Crippen LogP contribution in [0.2, 0.25) is 0 Å². The average molecular weight is 295 g/mol. The third-order valence-electron chi connectivity index (χ3n) is 2.98. The normalized spacial score (nSPS) is 12.0. The Morgan fingerprint density at radius 2 is 1.81 bits per heavy atom. The summed E-state index contributed by atoms with van der Waals surface area (Å²) in [5.74, 6) is -2.02. The van der Waals surface area contributed by atoms with Gasteiger partial charge in [-0.25, -0.2) is 18.2 Å². The highest BCUT2D eigenvalue weighted by atomic mass is 19.1. The van der Waals surface area contributed by atoms with Crippen molar-refractivity contribution in [1.82, 2.24) is 4.98 Å². The largest absolute Gasteiger partial charge is 0.368 e. The Morgan fingerprint density at radius 1 is 1.10 bits per heavy atom. The second-order valence-corrected chi connectivity index (χ2v) is 4.60. The summed E-state index contributed by atoms with van der Waals surface area (Å²) in [5, 5.41) is 5.53. The summed E-state index contributed by atoms with van der Waals surface area (Å²) < 4.78 is 40.4. The summed E-state index contributed by atoms with van der Waals surface area (Å²) in [6.45, 7) is 3.99. The van der Waals surface area contributed by atoms with Gasteiger partial charge in [0.05, 0.1) is 6.04 Å². The standard InChI is InChI=1S/C15H16F3N3/c1-3-19-14-12(17)8-13(18)15(21-14)20-9(2)10-5-4-6-11(16)7-10/h4-9H,3H2,1-2H3,(H2,19,20,21).